The van der Waals surface area contributed by atoms with E-state index in [-0.39, 0.29) is 5.69 Å². The molecule has 0 N–H and O–H groups in total. The van der Waals surface area contributed by atoms with Gasteiger partial charge in [0.1, 0.15) is 0 Å². The summed E-state index contributed by atoms with van der Waals surface area (Å²) in [5.74, 6) is 0. The zero-order chi connectivity index (χ0) is 11.7. The first-order chi connectivity index (χ1) is 7.58. The maximum Gasteiger partial charge on any atom is 0.270 e. The Morgan fingerprint density at radius 1 is 1.38 bits per heavy atom. The van der Waals surface area contributed by atoms with Crippen LogP contribution in [0.5, 0.6) is 0 Å². The maximum absolute atomic E-state index is 12.2. The predicted octanol–water partition coefficient (Wildman–Crippen LogP) is 2.81. The Labute approximate surface area is 89.2 Å². The molecule has 0 radical (unpaired) electrons. The second kappa shape index (κ2) is 3.88. The number of hydrogen-bond donors (Lipinski definition) is 0. The van der Waals surface area contributed by atoms with Crippen LogP contribution in [0.3, 0.4) is 0 Å². The van der Waals surface area contributed by atoms with Crippen molar-refractivity contribution in [3.05, 3.63) is 40.6 Å². The molecule has 1 aromatic heterocycles. The number of fused-ring (bicyclic) bond motifs is 1. The molecule has 84 valence electrons. The molecule has 0 saturated heterocycles. The van der Waals surface area contributed by atoms with E-state index in [1.807, 2.05) is 0 Å². The van der Waals surface area contributed by atoms with E-state index in [1.165, 1.54) is 29.0 Å². The molecule has 0 bridgehead atoms. The van der Waals surface area contributed by atoms with Gasteiger partial charge in [-0.05, 0) is 12.1 Å². The lowest BCUT2D eigenvalue weighted by atomic mass is 10.2. The summed E-state index contributed by atoms with van der Waals surface area (Å²) in [4.78, 5) is 10.00. The van der Waals surface area contributed by atoms with Gasteiger partial charge < -0.3 is 4.57 Å². The largest absolute Gasteiger partial charge is 0.342 e. The van der Waals surface area contributed by atoms with Crippen LogP contribution in [-0.2, 0) is 6.54 Å². The summed E-state index contributed by atoms with van der Waals surface area (Å²) in [6.45, 7) is -0.401. The SMILES string of the molecule is O=[N+]([O-])c1ccc2c(ccn2CC(F)F)c1. The third kappa shape index (κ3) is 1.86. The van der Waals surface area contributed by atoms with Crippen molar-refractivity contribution in [1.82, 2.24) is 4.57 Å². The van der Waals surface area contributed by atoms with Crippen molar-refractivity contribution in [2.45, 2.75) is 13.0 Å². The topological polar surface area (TPSA) is 48.1 Å². The van der Waals surface area contributed by atoms with E-state index in [9.17, 15) is 18.9 Å². The molecular weight excluding hydrogens is 218 g/mol. The monoisotopic (exact) mass is 226 g/mol. The van der Waals surface area contributed by atoms with Gasteiger partial charge in [-0.25, -0.2) is 8.78 Å². The number of alkyl halides is 2. The average Bonchev–Trinajstić information content (AvgIpc) is 2.60. The highest BCUT2D eigenvalue weighted by Gasteiger charge is 2.10. The van der Waals surface area contributed by atoms with Gasteiger partial charge in [0.05, 0.1) is 11.5 Å². The summed E-state index contributed by atoms with van der Waals surface area (Å²) in [5.41, 5.74) is 0.535. The van der Waals surface area contributed by atoms with E-state index >= 15 is 0 Å². The minimum atomic E-state index is -2.44. The third-order valence-corrected chi connectivity index (χ3v) is 2.30. The molecule has 2 aromatic rings. The van der Waals surface area contributed by atoms with Crippen LogP contribution >= 0.6 is 0 Å². The van der Waals surface area contributed by atoms with Crippen molar-refractivity contribution in [1.29, 1.82) is 0 Å². The molecule has 0 unspecified atom stereocenters. The molecular formula is C10H8F2N2O2. The fourth-order valence-electron chi connectivity index (χ4n) is 1.61. The van der Waals surface area contributed by atoms with Crippen LogP contribution in [0, 0.1) is 10.1 Å². The van der Waals surface area contributed by atoms with Gasteiger partial charge >= 0.3 is 0 Å². The van der Waals surface area contributed by atoms with Gasteiger partial charge in [0.15, 0.2) is 0 Å². The molecule has 1 aromatic carbocycles. The lowest BCUT2D eigenvalue weighted by Gasteiger charge is -2.03. The summed E-state index contributed by atoms with van der Waals surface area (Å²) in [5, 5.41) is 11.1. The number of rotatable bonds is 3. The Hall–Kier alpha value is -1.98. The third-order valence-electron chi connectivity index (χ3n) is 2.30. The van der Waals surface area contributed by atoms with E-state index in [2.05, 4.69) is 0 Å². The van der Waals surface area contributed by atoms with Crippen LogP contribution in [-0.4, -0.2) is 15.9 Å². The number of non-ortho nitro benzene ring substituents is 1. The Kier molecular flexibility index (Phi) is 2.55. The molecule has 0 amide bonds. The number of hydrogen-bond acceptors (Lipinski definition) is 2. The molecule has 0 aliphatic carbocycles. The van der Waals surface area contributed by atoms with Gasteiger partial charge in [-0.3, -0.25) is 10.1 Å². The number of aromatic nitrogens is 1. The van der Waals surface area contributed by atoms with Gasteiger partial charge in [0.25, 0.3) is 12.1 Å². The second-order valence-corrected chi connectivity index (χ2v) is 3.36. The molecule has 0 spiro atoms. The standard InChI is InChI=1S/C10H8F2N2O2/c11-10(12)6-13-4-3-7-5-8(14(15)16)1-2-9(7)13/h1-5,10H,6H2. The molecule has 4 nitrogen and oxygen atoms in total. The molecule has 0 aliphatic heterocycles. The van der Waals surface area contributed by atoms with E-state index < -0.39 is 17.9 Å². The Balaban J connectivity index is 2.46. The van der Waals surface area contributed by atoms with E-state index in [4.69, 9.17) is 0 Å². The van der Waals surface area contributed by atoms with Gasteiger partial charge in [-0.2, -0.15) is 0 Å². The summed E-state index contributed by atoms with van der Waals surface area (Å²) in [6.07, 6.45) is -0.939. The van der Waals surface area contributed by atoms with Gasteiger partial charge in [-0.15, -0.1) is 0 Å². The minimum absolute atomic E-state index is 0.0395. The van der Waals surface area contributed by atoms with Crippen molar-refractivity contribution >= 4 is 16.6 Å². The number of nitro benzene ring substituents is 1. The van der Waals surface area contributed by atoms with Crippen LogP contribution < -0.4 is 0 Å². The van der Waals surface area contributed by atoms with Crippen LogP contribution in [0.1, 0.15) is 0 Å². The number of halogens is 2. The van der Waals surface area contributed by atoms with E-state index in [0.717, 1.165) is 0 Å². The van der Waals surface area contributed by atoms with E-state index in [1.54, 1.807) is 6.07 Å². The zero-order valence-corrected chi connectivity index (χ0v) is 8.14. The highest BCUT2D eigenvalue weighted by molar-refractivity contribution is 5.82. The Bertz CT molecular complexity index is 537. The highest BCUT2D eigenvalue weighted by atomic mass is 19.3. The molecule has 6 heteroatoms. The van der Waals surface area contributed by atoms with Crippen LogP contribution in [0.25, 0.3) is 10.9 Å². The smallest absolute Gasteiger partial charge is 0.270 e. The molecule has 0 fully saturated rings. The second-order valence-electron chi connectivity index (χ2n) is 3.36. The summed E-state index contributed by atoms with van der Waals surface area (Å²) in [7, 11) is 0. The number of nitrogens with zero attached hydrogens (tertiary/aromatic N) is 2. The first kappa shape index (κ1) is 10.5. The van der Waals surface area contributed by atoms with Crippen LogP contribution in [0.15, 0.2) is 30.5 Å². The lowest BCUT2D eigenvalue weighted by Crippen LogP contribution is -2.04. The van der Waals surface area contributed by atoms with Gasteiger partial charge in [0.2, 0.25) is 0 Å². The Morgan fingerprint density at radius 3 is 2.75 bits per heavy atom. The molecule has 1 heterocycles. The van der Waals surface area contributed by atoms with Crippen molar-refractivity contribution in [3.63, 3.8) is 0 Å². The van der Waals surface area contributed by atoms with Crippen LogP contribution in [0.4, 0.5) is 14.5 Å². The fraction of sp³-hybridized carbons (Fsp3) is 0.200. The normalized spacial score (nSPS) is 11.2. The number of nitro groups is 1. The average molecular weight is 226 g/mol. The fourth-order valence-corrected chi connectivity index (χ4v) is 1.61. The van der Waals surface area contributed by atoms with Crippen molar-refractivity contribution in [2.75, 3.05) is 0 Å². The van der Waals surface area contributed by atoms with Crippen LogP contribution in [0.2, 0.25) is 0 Å². The highest BCUT2D eigenvalue weighted by Crippen LogP contribution is 2.22. The summed E-state index contributed by atoms with van der Waals surface area (Å²) < 4.78 is 25.8. The maximum atomic E-state index is 12.2. The van der Waals surface area contributed by atoms with Crippen molar-refractivity contribution < 1.29 is 13.7 Å². The predicted molar refractivity (Wildman–Crippen MR) is 54.6 cm³/mol. The molecule has 0 aliphatic rings. The molecule has 0 saturated carbocycles. The molecule has 16 heavy (non-hydrogen) atoms. The van der Waals surface area contributed by atoms with Crippen molar-refractivity contribution in [2.24, 2.45) is 0 Å². The van der Waals surface area contributed by atoms with E-state index in [0.29, 0.717) is 10.9 Å². The van der Waals surface area contributed by atoms with Gasteiger partial charge in [0, 0.05) is 29.2 Å². The van der Waals surface area contributed by atoms with Crippen molar-refractivity contribution in [3.8, 4) is 0 Å². The zero-order valence-electron chi connectivity index (χ0n) is 8.14. The first-order valence-corrected chi connectivity index (χ1v) is 4.59. The molecule has 2 rings (SSSR count). The summed E-state index contributed by atoms with van der Waals surface area (Å²) in [6, 6.07) is 5.75. The first-order valence-electron chi connectivity index (χ1n) is 4.59. The molecule has 0 atom stereocenters. The summed E-state index contributed by atoms with van der Waals surface area (Å²) >= 11 is 0. The number of benzene rings is 1. The minimum Gasteiger partial charge on any atom is -0.342 e. The van der Waals surface area contributed by atoms with Gasteiger partial charge in [-0.1, -0.05) is 0 Å². The lowest BCUT2D eigenvalue weighted by molar-refractivity contribution is -0.384. The quantitative estimate of drug-likeness (QED) is 0.596. The Morgan fingerprint density at radius 2 is 2.12 bits per heavy atom.